The lowest BCUT2D eigenvalue weighted by atomic mass is 10.1. The number of nitrogens with one attached hydrogen (secondary N) is 2. The van der Waals surface area contributed by atoms with Crippen molar-refractivity contribution < 1.29 is 4.79 Å². The van der Waals surface area contributed by atoms with Crippen molar-refractivity contribution in [3.8, 4) is 0 Å². The first-order chi connectivity index (χ1) is 7.36. The molecule has 1 amide bonds. The minimum atomic E-state index is -0.586. The van der Waals surface area contributed by atoms with E-state index in [-0.39, 0.29) is 5.91 Å². The molecule has 1 heterocycles. The van der Waals surface area contributed by atoms with Gasteiger partial charge in [-0.2, -0.15) is 0 Å². The monoisotopic (exact) mass is 221 g/mol. The van der Waals surface area contributed by atoms with E-state index in [1.165, 1.54) is 0 Å². The molecule has 0 fully saturated rings. The molecule has 0 bridgehead atoms. The summed E-state index contributed by atoms with van der Waals surface area (Å²) >= 11 is 0. The van der Waals surface area contributed by atoms with Gasteiger partial charge >= 0.3 is 0 Å². The predicted octanol–water partition coefficient (Wildman–Crippen LogP) is 1.63. The molecule has 0 saturated carbocycles. The van der Waals surface area contributed by atoms with Crippen LogP contribution in [0.5, 0.6) is 0 Å². The van der Waals surface area contributed by atoms with Crippen LogP contribution in [0.25, 0.3) is 0 Å². The molecule has 0 radical (unpaired) electrons. The SMILES string of the molecule is CNC(C)(C)C(=O)Nc1ccc(C)nc1C. The van der Waals surface area contributed by atoms with Crippen molar-refractivity contribution in [1.29, 1.82) is 0 Å². The van der Waals surface area contributed by atoms with Crippen LogP contribution in [0.4, 0.5) is 5.69 Å². The van der Waals surface area contributed by atoms with E-state index in [4.69, 9.17) is 0 Å². The maximum absolute atomic E-state index is 11.9. The molecule has 0 aliphatic carbocycles. The Kier molecular flexibility index (Phi) is 3.65. The lowest BCUT2D eigenvalue weighted by Gasteiger charge is -2.23. The maximum Gasteiger partial charge on any atom is 0.244 e. The maximum atomic E-state index is 11.9. The zero-order valence-electron chi connectivity index (χ0n) is 10.5. The second kappa shape index (κ2) is 4.61. The summed E-state index contributed by atoms with van der Waals surface area (Å²) in [6, 6.07) is 3.76. The Morgan fingerprint density at radius 2 is 1.94 bits per heavy atom. The number of aryl methyl sites for hydroxylation is 2. The second-order valence-electron chi connectivity index (χ2n) is 4.41. The molecule has 1 aromatic heterocycles. The number of carbonyl (C=O) groups excluding carboxylic acids is 1. The fourth-order valence-electron chi connectivity index (χ4n) is 1.21. The molecule has 0 spiro atoms. The Balaban J connectivity index is 2.85. The van der Waals surface area contributed by atoms with Crippen LogP contribution in [0.1, 0.15) is 25.2 Å². The van der Waals surface area contributed by atoms with E-state index >= 15 is 0 Å². The normalized spacial score (nSPS) is 11.3. The molecule has 0 aromatic carbocycles. The lowest BCUT2D eigenvalue weighted by molar-refractivity contribution is -0.121. The average Bonchev–Trinajstić information content (AvgIpc) is 2.22. The predicted molar refractivity (Wildman–Crippen MR) is 65.5 cm³/mol. The van der Waals surface area contributed by atoms with Gasteiger partial charge in [0.05, 0.1) is 16.9 Å². The Bertz CT molecular complexity index is 399. The highest BCUT2D eigenvalue weighted by atomic mass is 16.2. The van der Waals surface area contributed by atoms with Gasteiger partial charge in [-0.25, -0.2) is 0 Å². The van der Waals surface area contributed by atoms with Crippen LogP contribution in [0.3, 0.4) is 0 Å². The molecule has 1 rings (SSSR count). The van der Waals surface area contributed by atoms with Crippen LogP contribution in [0, 0.1) is 13.8 Å². The molecule has 4 heteroatoms. The zero-order valence-corrected chi connectivity index (χ0v) is 10.5. The van der Waals surface area contributed by atoms with Crippen LogP contribution in [-0.4, -0.2) is 23.5 Å². The largest absolute Gasteiger partial charge is 0.323 e. The van der Waals surface area contributed by atoms with E-state index in [1.54, 1.807) is 7.05 Å². The zero-order chi connectivity index (χ0) is 12.3. The van der Waals surface area contributed by atoms with Gasteiger partial charge in [0.25, 0.3) is 0 Å². The van der Waals surface area contributed by atoms with Crippen molar-refractivity contribution in [3.63, 3.8) is 0 Å². The smallest absolute Gasteiger partial charge is 0.244 e. The van der Waals surface area contributed by atoms with E-state index in [9.17, 15) is 4.79 Å². The fourth-order valence-corrected chi connectivity index (χ4v) is 1.21. The molecule has 0 unspecified atom stereocenters. The van der Waals surface area contributed by atoms with Gasteiger partial charge in [0.2, 0.25) is 5.91 Å². The number of nitrogens with zero attached hydrogens (tertiary/aromatic N) is 1. The number of amides is 1. The van der Waals surface area contributed by atoms with Crippen LogP contribution < -0.4 is 10.6 Å². The van der Waals surface area contributed by atoms with Gasteiger partial charge in [-0.1, -0.05) is 0 Å². The van der Waals surface area contributed by atoms with Gasteiger partial charge in [-0.15, -0.1) is 0 Å². The van der Waals surface area contributed by atoms with Gasteiger partial charge in [-0.3, -0.25) is 9.78 Å². The third kappa shape index (κ3) is 2.79. The highest BCUT2D eigenvalue weighted by Crippen LogP contribution is 2.14. The summed E-state index contributed by atoms with van der Waals surface area (Å²) in [7, 11) is 1.76. The summed E-state index contributed by atoms with van der Waals surface area (Å²) in [6.45, 7) is 7.48. The second-order valence-corrected chi connectivity index (χ2v) is 4.41. The number of likely N-dealkylation sites (N-methyl/N-ethyl adjacent to an activating group) is 1. The highest BCUT2D eigenvalue weighted by molar-refractivity contribution is 5.97. The van der Waals surface area contributed by atoms with Gasteiger partial charge < -0.3 is 10.6 Å². The first-order valence-electron chi connectivity index (χ1n) is 5.31. The van der Waals surface area contributed by atoms with Crippen molar-refractivity contribution in [3.05, 3.63) is 23.5 Å². The molecule has 0 saturated heterocycles. The Hall–Kier alpha value is -1.42. The third-order valence-electron chi connectivity index (χ3n) is 2.67. The first-order valence-corrected chi connectivity index (χ1v) is 5.31. The number of hydrogen-bond acceptors (Lipinski definition) is 3. The molecule has 16 heavy (non-hydrogen) atoms. The average molecular weight is 221 g/mol. The lowest BCUT2D eigenvalue weighted by Crippen LogP contribution is -2.48. The molecule has 88 valence electrons. The summed E-state index contributed by atoms with van der Waals surface area (Å²) in [5.41, 5.74) is 1.96. The minimum absolute atomic E-state index is 0.0660. The van der Waals surface area contributed by atoms with E-state index in [1.807, 2.05) is 39.8 Å². The molecule has 0 aliphatic heterocycles. The minimum Gasteiger partial charge on any atom is -0.323 e. The van der Waals surface area contributed by atoms with E-state index in [0.717, 1.165) is 17.1 Å². The van der Waals surface area contributed by atoms with Crippen molar-refractivity contribution in [2.45, 2.75) is 33.2 Å². The number of hydrogen-bond donors (Lipinski definition) is 2. The first kappa shape index (κ1) is 12.6. The number of anilines is 1. The molecule has 2 N–H and O–H groups in total. The Morgan fingerprint density at radius 3 is 2.44 bits per heavy atom. The van der Waals surface area contributed by atoms with Gasteiger partial charge in [0.1, 0.15) is 0 Å². The number of carbonyl (C=O) groups is 1. The number of rotatable bonds is 3. The molecule has 0 aliphatic rings. The standard InChI is InChI=1S/C12H19N3O/c1-8-6-7-10(9(2)14-8)15-11(16)12(3,4)13-5/h6-7,13H,1-5H3,(H,15,16). The van der Waals surface area contributed by atoms with Crippen molar-refractivity contribution in [1.82, 2.24) is 10.3 Å². The van der Waals surface area contributed by atoms with Gasteiger partial charge in [-0.05, 0) is 46.9 Å². The third-order valence-corrected chi connectivity index (χ3v) is 2.67. The van der Waals surface area contributed by atoms with Crippen LogP contribution >= 0.6 is 0 Å². The fraction of sp³-hybridized carbons (Fsp3) is 0.500. The summed E-state index contributed by atoms with van der Waals surface area (Å²) in [4.78, 5) is 16.2. The van der Waals surface area contributed by atoms with Crippen LogP contribution in [0.15, 0.2) is 12.1 Å². The molecule has 0 atom stereocenters. The number of aromatic nitrogens is 1. The summed E-state index contributed by atoms with van der Waals surface area (Å²) in [5.74, 6) is -0.0660. The Morgan fingerprint density at radius 1 is 1.31 bits per heavy atom. The highest BCUT2D eigenvalue weighted by Gasteiger charge is 2.25. The Labute approximate surface area is 96.5 Å². The quantitative estimate of drug-likeness (QED) is 0.815. The van der Waals surface area contributed by atoms with E-state index < -0.39 is 5.54 Å². The van der Waals surface area contributed by atoms with Crippen LogP contribution in [-0.2, 0) is 4.79 Å². The molecule has 4 nitrogen and oxygen atoms in total. The summed E-state index contributed by atoms with van der Waals surface area (Å²) < 4.78 is 0. The van der Waals surface area contributed by atoms with Crippen molar-refractivity contribution in [2.24, 2.45) is 0 Å². The summed E-state index contributed by atoms with van der Waals surface area (Å²) in [5, 5.41) is 5.82. The van der Waals surface area contributed by atoms with E-state index in [2.05, 4.69) is 15.6 Å². The molecular formula is C12H19N3O. The van der Waals surface area contributed by atoms with E-state index in [0.29, 0.717) is 0 Å². The summed E-state index contributed by atoms with van der Waals surface area (Å²) in [6.07, 6.45) is 0. The molecular weight excluding hydrogens is 202 g/mol. The number of pyridine rings is 1. The van der Waals surface area contributed by atoms with Crippen molar-refractivity contribution in [2.75, 3.05) is 12.4 Å². The van der Waals surface area contributed by atoms with Crippen LogP contribution in [0.2, 0.25) is 0 Å². The van der Waals surface area contributed by atoms with Gasteiger partial charge in [0, 0.05) is 5.69 Å². The van der Waals surface area contributed by atoms with Crippen molar-refractivity contribution >= 4 is 11.6 Å². The topological polar surface area (TPSA) is 54.0 Å². The van der Waals surface area contributed by atoms with Gasteiger partial charge in [0.15, 0.2) is 0 Å². The molecule has 1 aromatic rings.